The van der Waals surface area contributed by atoms with Crippen molar-refractivity contribution in [3.63, 3.8) is 0 Å². The van der Waals surface area contributed by atoms with Gasteiger partial charge >= 0.3 is 0 Å². The number of anilines is 1. The number of nitrogens with zero attached hydrogens (tertiary/aromatic N) is 2. The van der Waals surface area contributed by atoms with E-state index >= 15 is 0 Å². The number of hydrogen-bond acceptors (Lipinski definition) is 4. The Bertz CT molecular complexity index is 804. The summed E-state index contributed by atoms with van der Waals surface area (Å²) in [5.74, 6) is 0.398. The van der Waals surface area contributed by atoms with Gasteiger partial charge in [0.1, 0.15) is 11.5 Å². The van der Waals surface area contributed by atoms with E-state index in [4.69, 9.17) is 0 Å². The Morgan fingerprint density at radius 1 is 0.960 bits per heavy atom. The first kappa shape index (κ1) is 16.6. The van der Waals surface area contributed by atoms with Crippen LogP contribution in [0.1, 0.15) is 34.6 Å². The van der Waals surface area contributed by atoms with E-state index in [1.54, 1.807) is 6.20 Å². The number of hydrogen-bond donors (Lipinski definition) is 2. The minimum Gasteiger partial charge on any atom is -0.365 e. The van der Waals surface area contributed by atoms with Crippen LogP contribution in [0.3, 0.4) is 0 Å². The second-order valence-electron chi connectivity index (χ2n) is 5.73. The van der Waals surface area contributed by atoms with Crippen molar-refractivity contribution in [3.8, 4) is 0 Å². The first-order valence-electron chi connectivity index (χ1n) is 8.18. The van der Waals surface area contributed by atoms with Crippen molar-refractivity contribution in [3.05, 3.63) is 89.9 Å². The molecule has 3 aromatic rings. The van der Waals surface area contributed by atoms with Gasteiger partial charge in [0.25, 0.3) is 5.91 Å². The molecule has 0 bridgehead atoms. The Balaban J connectivity index is 1.57. The van der Waals surface area contributed by atoms with Crippen LogP contribution in [0.2, 0.25) is 0 Å². The molecule has 3 rings (SSSR count). The van der Waals surface area contributed by atoms with Crippen molar-refractivity contribution in [1.82, 2.24) is 15.3 Å². The van der Waals surface area contributed by atoms with Gasteiger partial charge in [-0.05, 0) is 18.1 Å². The summed E-state index contributed by atoms with van der Waals surface area (Å²) in [6, 6.07) is 19.7. The maximum absolute atomic E-state index is 12.3. The van der Waals surface area contributed by atoms with E-state index in [-0.39, 0.29) is 11.9 Å². The zero-order chi connectivity index (χ0) is 17.5. The predicted octanol–water partition coefficient (Wildman–Crippen LogP) is 3.58. The molecule has 5 heteroatoms. The van der Waals surface area contributed by atoms with Crippen molar-refractivity contribution in [2.45, 2.75) is 19.5 Å². The fraction of sp³-hybridized carbons (Fsp3) is 0.150. The van der Waals surface area contributed by atoms with Gasteiger partial charge in [-0.15, -0.1) is 0 Å². The summed E-state index contributed by atoms with van der Waals surface area (Å²) in [6.45, 7) is 2.60. The lowest BCUT2D eigenvalue weighted by molar-refractivity contribution is 0.0934. The SMILES string of the molecule is CC(NC(=O)c1cnc(NCc2ccccc2)cn1)c1ccccc1. The lowest BCUT2D eigenvalue weighted by Crippen LogP contribution is -2.27. The molecule has 1 aromatic heterocycles. The zero-order valence-electron chi connectivity index (χ0n) is 14.0. The predicted molar refractivity (Wildman–Crippen MR) is 98.1 cm³/mol. The summed E-state index contributed by atoms with van der Waals surface area (Å²) >= 11 is 0. The number of carbonyl (C=O) groups excluding carboxylic acids is 1. The molecule has 2 N–H and O–H groups in total. The molecule has 25 heavy (non-hydrogen) atoms. The number of amides is 1. The summed E-state index contributed by atoms with van der Waals surface area (Å²) in [5, 5.41) is 6.12. The van der Waals surface area contributed by atoms with Crippen LogP contribution in [-0.4, -0.2) is 15.9 Å². The van der Waals surface area contributed by atoms with Crippen molar-refractivity contribution in [2.24, 2.45) is 0 Å². The summed E-state index contributed by atoms with van der Waals surface area (Å²) in [7, 11) is 0. The van der Waals surface area contributed by atoms with Crippen LogP contribution in [0.4, 0.5) is 5.82 Å². The van der Waals surface area contributed by atoms with E-state index < -0.39 is 0 Å². The molecule has 0 spiro atoms. The molecule has 0 radical (unpaired) electrons. The van der Waals surface area contributed by atoms with Gasteiger partial charge in [-0.25, -0.2) is 9.97 Å². The van der Waals surface area contributed by atoms with E-state index in [1.165, 1.54) is 6.20 Å². The fourth-order valence-corrected chi connectivity index (χ4v) is 2.42. The standard InChI is InChI=1S/C20H20N4O/c1-15(17-10-6-3-7-11-17)24-20(25)18-13-23-19(14-21-18)22-12-16-8-4-2-5-9-16/h2-11,13-15H,12H2,1H3,(H,22,23)(H,24,25). The molecule has 5 nitrogen and oxygen atoms in total. The zero-order valence-corrected chi connectivity index (χ0v) is 14.0. The van der Waals surface area contributed by atoms with Crippen molar-refractivity contribution >= 4 is 11.7 Å². The van der Waals surface area contributed by atoms with Gasteiger partial charge in [0, 0.05) is 6.54 Å². The van der Waals surface area contributed by atoms with Crippen LogP contribution in [0, 0.1) is 0 Å². The first-order valence-corrected chi connectivity index (χ1v) is 8.18. The number of carbonyl (C=O) groups is 1. The number of aromatic nitrogens is 2. The van der Waals surface area contributed by atoms with Crippen molar-refractivity contribution < 1.29 is 4.79 Å². The number of rotatable bonds is 6. The molecule has 1 atom stereocenters. The normalized spacial score (nSPS) is 11.6. The van der Waals surface area contributed by atoms with Crippen LogP contribution >= 0.6 is 0 Å². The minimum atomic E-state index is -0.238. The lowest BCUT2D eigenvalue weighted by atomic mass is 10.1. The van der Waals surface area contributed by atoms with Gasteiger partial charge < -0.3 is 10.6 Å². The van der Waals surface area contributed by atoms with E-state index in [1.807, 2.05) is 67.6 Å². The van der Waals surface area contributed by atoms with E-state index in [0.29, 0.717) is 18.1 Å². The molecule has 2 aromatic carbocycles. The molecule has 1 unspecified atom stereocenters. The highest BCUT2D eigenvalue weighted by atomic mass is 16.1. The molecule has 1 amide bonds. The second-order valence-corrected chi connectivity index (χ2v) is 5.73. The summed E-state index contributed by atoms with van der Waals surface area (Å²) in [4.78, 5) is 20.7. The molecular formula is C20H20N4O. The average molecular weight is 332 g/mol. The summed E-state index contributed by atoms with van der Waals surface area (Å²) in [5.41, 5.74) is 2.50. The summed E-state index contributed by atoms with van der Waals surface area (Å²) in [6.07, 6.45) is 3.06. The van der Waals surface area contributed by atoms with E-state index in [9.17, 15) is 4.79 Å². The first-order chi connectivity index (χ1) is 12.2. The molecule has 1 heterocycles. The largest absolute Gasteiger partial charge is 0.365 e. The minimum absolute atomic E-state index is 0.0913. The highest BCUT2D eigenvalue weighted by Gasteiger charge is 2.12. The highest BCUT2D eigenvalue weighted by molar-refractivity contribution is 5.92. The fourth-order valence-electron chi connectivity index (χ4n) is 2.42. The van der Waals surface area contributed by atoms with E-state index in [2.05, 4.69) is 20.6 Å². The second kappa shape index (κ2) is 8.06. The van der Waals surface area contributed by atoms with Gasteiger partial charge in [-0.2, -0.15) is 0 Å². The van der Waals surface area contributed by atoms with Gasteiger partial charge in [-0.3, -0.25) is 4.79 Å². The molecule has 0 aliphatic rings. The molecule has 0 fully saturated rings. The van der Waals surface area contributed by atoms with Crippen LogP contribution in [0.25, 0.3) is 0 Å². The molecule has 0 aliphatic carbocycles. The summed E-state index contributed by atoms with van der Waals surface area (Å²) < 4.78 is 0. The third-order valence-electron chi connectivity index (χ3n) is 3.85. The Labute approximate surface area is 147 Å². The van der Waals surface area contributed by atoms with Gasteiger partial charge in [0.05, 0.1) is 18.4 Å². The Hall–Kier alpha value is -3.21. The van der Waals surface area contributed by atoms with Crippen LogP contribution in [0.15, 0.2) is 73.1 Å². The topological polar surface area (TPSA) is 66.9 Å². The molecule has 126 valence electrons. The maximum atomic E-state index is 12.3. The van der Waals surface area contributed by atoms with Crippen LogP contribution in [-0.2, 0) is 6.54 Å². The average Bonchev–Trinajstić information content (AvgIpc) is 2.68. The molecule has 0 saturated carbocycles. The smallest absolute Gasteiger partial charge is 0.271 e. The Kier molecular flexibility index (Phi) is 5.36. The quantitative estimate of drug-likeness (QED) is 0.724. The number of nitrogens with one attached hydrogen (secondary N) is 2. The van der Waals surface area contributed by atoms with Crippen LogP contribution in [0.5, 0.6) is 0 Å². The maximum Gasteiger partial charge on any atom is 0.271 e. The van der Waals surface area contributed by atoms with Gasteiger partial charge in [0.2, 0.25) is 0 Å². The van der Waals surface area contributed by atoms with Gasteiger partial charge in [0.15, 0.2) is 0 Å². The molecule has 0 saturated heterocycles. The van der Waals surface area contributed by atoms with Gasteiger partial charge in [-0.1, -0.05) is 60.7 Å². The van der Waals surface area contributed by atoms with E-state index in [0.717, 1.165) is 11.1 Å². The van der Waals surface area contributed by atoms with Crippen molar-refractivity contribution in [1.29, 1.82) is 0 Å². The number of benzene rings is 2. The molecular weight excluding hydrogens is 312 g/mol. The third-order valence-corrected chi connectivity index (χ3v) is 3.85. The van der Waals surface area contributed by atoms with Crippen LogP contribution < -0.4 is 10.6 Å². The third kappa shape index (κ3) is 4.64. The lowest BCUT2D eigenvalue weighted by Gasteiger charge is -2.14. The Morgan fingerprint density at radius 3 is 2.28 bits per heavy atom. The highest BCUT2D eigenvalue weighted by Crippen LogP contribution is 2.12. The van der Waals surface area contributed by atoms with Crippen molar-refractivity contribution in [2.75, 3.05) is 5.32 Å². The Morgan fingerprint density at radius 2 is 1.64 bits per heavy atom. The molecule has 0 aliphatic heterocycles. The monoisotopic (exact) mass is 332 g/mol.